The maximum absolute atomic E-state index is 12.9. The Balaban J connectivity index is 2.56. The minimum atomic E-state index is -0.544. The number of imide groups is 1. The molecular weight excluding hydrogens is 264 g/mol. The van der Waals surface area contributed by atoms with Gasteiger partial charge in [0, 0.05) is 11.1 Å². The minimum Gasteiger partial charge on any atom is -0.303 e. The highest BCUT2D eigenvalue weighted by Gasteiger charge is 2.53. The molecule has 0 N–H and O–H groups in total. The van der Waals surface area contributed by atoms with Crippen molar-refractivity contribution in [2.45, 2.75) is 58.7 Å². The van der Waals surface area contributed by atoms with Crippen molar-refractivity contribution in [3.8, 4) is 0 Å². The Hall–Kier alpha value is -1.84. The van der Waals surface area contributed by atoms with E-state index in [0.29, 0.717) is 0 Å². The molecule has 0 spiro atoms. The summed E-state index contributed by atoms with van der Waals surface area (Å²) >= 11 is 0. The van der Waals surface area contributed by atoms with Crippen LogP contribution in [-0.4, -0.2) is 32.8 Å². The van der Waals surface area contributed by atoms with Crippen molar-refractivity contribution in [1.82, 2.24) is 9.80 Å². The first-order chi connectivity index (χ1) is 9.55. The number of nitrogens with zero attached hydrogens (tertiary/aromatic N) is 2. The molecule has 4 heteroatoms. The zero-order valence-electron chi connectivity index (χ0n) is 13.7. The van der Waals surface area contributed by atoms with E-state index in [1.54, 1.807) is 4.90 Å². The second kappa shape index (κ2) is 4.86. The minimum absolute atomic E-state index is 0.145. The van der Waals surface area contributed by atoms with E-state index in [9.17, 15) is 9.59 Å². The SMILES string of the molecule is CC(C)(C)N1C(=O)[C@@H](c2ccccc2)N(C(C)(C)C)C1=O. The molecule has 4 nitrogen and oxygen atoms in total. The Kier molecular flexibility index (Phi) is 3.60. The molecule has 2 rings (SSSR count). The Morgan fingerprint density at radius 1 is 0.857 bits per heavy atom. The zero-order chi connectivity index (χ0) is 16.0. The predicted octanol–water partition coefficient (Wildman–Crippen LogP) is 3.59. The van der Waals surface area contributed by atoms with E-state index in [4.69, 9.17) is 0 Å². The van der Waals surface area contributed by atoms with Gasteiger partial charge in [-0.3, -0.25) is 9.69 Å². The quantitative estimate of drug-likeness (QED) is 0.741. The molecule has 1 aromatic rings. The zero-order valence-corrected chi connectivity index (χ0v) is 13.7. The summed E-state index contributed by atoms with van der Waals surface area (Å²) in [5.74, 6) is -0.145. The van der Waals surface area contributed by atoms with Gasteiger partial charge >= 0.3 is 6.03 Å². The standard InChI is InChI=1S/C17H24N2O2/c1-16(2,3)18-13(12-10-8-7-9-11-12)14(20)19(15(18)21)17(4,5)6/h7-11,13H,1-6H3/t13-/m1/s1. The summed E-state index contributed by atoms with van der Waals surface area (Å²) in [7, 11) is 0. The first-order valence-corrected chi connectivity index (χ1v) is 7.27. The Morgan fingerprint density at radius 2 is 1.38 bits per heavy atom. The van der Waals surface area contributed by atoms with Gasteiger partial charge in [0.2, 0.25) is 0 Å². The number of benzene rings is 1. The average Bonchev–Trinajstić information content (AvgIpc) is 2.60. The van der Waals surface area contributed by atoms with E-state index in [-0.39, 0.29) is 11.9 Å². The fraction of sp³-hybridized carbons (Fsp3) is 0.529. The number of hydrogen-bond donors (Lipinski definition) is 0. The largest absolute Gasteiger partial charge is 0.328 e. The van der Waals surface area contributed by atoms with Crippen molar-refractivity contribution >= 4 is 11.9 Å². The van der Waals surface area contributed by atoms with E-state index in [0.717, 1.165) is 5.56 Å². The second-order valence-corrected chi connectivity index (χ2v) is 7.48. The molecule has 0 aliphatic carbocycles. The van der Waals surface area contributed by atoms with E-state index in [1.807, 2.05) is 71.9 Å². The van der Waals surface area contributed by atoms with Gasteiger partial charge in [-0.15, -0.1) is 0 Å². The van der Waals surface area contributed by atoms with Crippen LogP contribution in [0.25, 0.3) is 0 Å². The molecule has 21 heavy (non-hydrogen) atoms. The van der Waals surface area contributed by atoms with Gasteiger partial charge in [-0.05, 0) is 47.1 Å². The van der Waals surface area contributed by atoms with E-state index in [1.165, 1.54) is 4.90 Å². The van der Waals surface area contributed by atoms with Gasteiger partial charge in [-0.25, -0.2) is 4.79 Å². The third-order valence-corrected chi connectivity index (χ3v) is 3.62. The smallest absolute Gasteiger partial charge is 0.303 e. The maximum Gasteiger partial charge on any atom is 0.328 e. The summed E-state index contributed by atoms with van der Waals surface area (Å²) < 4.78 is 0. The van der Waals surface area contributed by atoms with Crippen molar-refractivity contribution in [2.24, 2.45) is 0 Å². The van der Waals surface area contributed by atoms with Crippen molar-refractivity contribution < 1.29 is 9.59 Å². The van der Waals surface area contributed by atoms with Crippen LogP contribution in [0, 0.1) is 0 Å². The Bertz CT molecular complexity index is 552. The molecule has 0 saturated carbocycles. The topological polar surface area (TPSA) is 40.6 Å². The summed E-state index contributed by atoms with van der Waals surface area (Å²) in [5.41, 5.74) is -0.0911. The van der Waals surface area contributed by atoms with Crippen molar-refractivity contribution in [1.29, 1.82) is 0 Å². The molecule has 0 bridgehead atoms. The third-order valence-electron chi connectivity index (χ3n) is 3.62. The highest BCUT2D eigenvalue weighted by molar-refractivity contribution is 6.05. The fourth-order valence-electron chi connectivity index (χ4n) is 2.76. The molecule has 0 unspecified atom stereocenters. The predicted molar refractivity (Wildman–Crippen MR) is 82.8 cm³/mol. The van der Waals surface area contributed by atoms with Crippen molar-refractivity contribution in [2.75, 3.05) is 0 Å². The Morgan fingerprint density at radius 3 is 1.81 bits per heavy atom. The third kappa shape index (κ3) is 2.67. The molecule has 1 saturated heterocycles. The van der Waals surface area contributed by atoms with Crippen LogP contribution in [0.1, 0.15) is 53.1 Å². The molecule has 0 aromatic heterocycles. The summed E-state index contributed by atoms with van der Waals surface area (Å²) in [5, 5.41) is 0. The molecule has 1 fully saturated rings. The van der Waals surface area contributed by atoms with Crippen LogP contribution in [0.3, 0.4) is 0 Å². The van der Waals surface area contributed by atoms with Crippen LogP contribution in [-0.2, 0) is 4.79 Å². The van der Waals surface area contributed by atoms with Gasteiger partial charge in [-0.1, -0.05) is 30.3 Å². The van der Waals surface area contributed by atoms with Crippen molar-refractivity contribution in [3.05, 3.63) is 35.9 Å². The van der Waals surface area contributed by atoms with Gasteiger partial charge in [-0.2, -0.15) is 0 Å². The second-order valence-electron chi connectivity index (χ2n) is 7.48. The normalized spacial score (nSPS) is 20.4. The Labute approximate surface area is 126 Å². The highest BCUT2D eigenvalue weighted by Crippen LogP contribution is 2.39. The van der Waals surface area contributed by atoms with Gasteiger partial charge < -0.3 is 4.90 Å². The average molecular weight is 288 g/mol. The number of amides is 3. The first-order valence-electron chi connectivity index (χ1n) is 7.27. The fourth-order valence-corrected chi connectivity index (χ4v) is 2.76. The number of carbonyl (C=O) groups is 2. The number of urea groups is 1. The van der Waals surface area contributed by atoms with E-state index < -0.39 is 17.1 Å². The van der Waals surface area contributed by atoms with Crippen molar-refractivity contribution in [3.63, 3.8) is 0 Å². The molecule has 0 radical (unpaired) electrons. The van der Waals surface area contributed by atoms with Gasteiger partial charge in [0.05, 0.1) is 0 Å². The summed E-state index contributed by atoms with van der Waals surface area (Å²) in [6.45, 7) is 11.5. The molecule has 114 valence electrons. The molecule has 1 aliphatic rings. The van der Waals surface area contributed by atoms with Crippen LogP contribution in [0.15, 0.2) is 30.3 Å². The van der Waals surface area contributed by atoms with Crippen LogP contribution in [0.2, 0.25) is 0 Å². The first kappa shape index (κ1) is 15.5. The van der Waals surface area contributed by atoms with Gasteiger partial charge in [0.1, 0.15) is 6.04 Å². The number of rotatable bonds is 1. The van der Waals surface area contributed by atoms with Crippen LogP contribution < -0.4 is 0 Å². The summed E-state index contributed by atoms with van der Waals surface area (Å²) in [4.78, 5) is 28.8. The molecule has 1 aromatic carbocycles. The van der Waals surface area contributed by atoms with Gasteiger partial charge in [0.15, 0.2) is 0 Å². The lowest BCUT2D eigenvalue weighted by Crippen LogP contribution is -2.49. The highest BCUT2D eigenvalue weighted by atomic mass is 16.2. The lowest BCUT2D eigenvalue weighted by molar-refractivity contribution is -0.131. The lowest BCUT2D eigenvalue weighted by Gasteiger charge is -2.36. The number of carbonyl (C=O) groups excluding carboxylic acids is 2. The van der Waals surface area contributed by atoms with Crippen LogP contribution in [0.5, 0.6) is 0 Å². The summed E-state index contributed by atoms with van der Waals surface area (Å²) in [6.07, 6.45) is 0. The molecule has 1 heterocycles. The molecule has 1 aliphatic heterocycles. The van der Waals surface area contributed by atoms with Crippen LogP contribution in [0.4, 0.5) is 4.79 Å². The van der Waals surface area contributed by atoms with Crippen LogP contribution >= 0.6 is 0 Å². The van der Waals surface area contributed by atoms with E-state index >= 15 is 0 Å². The molecular formula is C17H24N2O2. The van der Waals surface area contributed by atoms with Gasteiger partial charge in [0.25, 0.3) is 5.91 Å². The van der Waals surface area contributed by atoms with E-state index in [2.05, 4.69) is 0 Å². The lowest BCUT2D eigenvalue weighted by atomic mass is 9.99. The monoisotopic (exact) mass is 288 g/mol. The number of hydrogen-bond acceptors (Lipinski definition) is 2. The molecule has 1 atom stereocenters. The maximum atomic E-state index is 12.9. The molecule has 3 amide bonds. The summed E-state index contributed by atoms with van der Waals surface area (Å²) in [6, 6.07) is 8.75.